The smallest absolute Gasteiger partial charge is 0.276 e. The fourth-order valence-corrected chi connectivity index (χ4v) is 3.33. The molecule has 1 saturated heterocycles. The number of anilines is 1. The SMILES string of the molecule is O=C1CN(c2nc(-c3ccc([N+](=O)[O-])cc3Br)cs2)C(=O)N1. The second-order valence-corrected chi connectivity index (χ2v) is 6.07. The molecule has 3 rings (SSSR count). The third kappa shape index (κ3) is 2.57. The van der Waals surface area contributed by atoms with Gasteiger partial charge in [-0.25, -0.2) is 9.78 Å². The minimum atomic E-state index is -0.506. The normalized spacial score (nSPS) is 14.3. The highest BCUT2D eigenvalue weighted by Crippen LogP contribution is 2.34. The molecule has 1 aliphatic rings. The number of benzene rings is 1. The van der Waals surface area contributed by atoms with Crippen LogP contribution in [-0.2, 0) is 4.79 Å². The van der Waals surface area contributed by atoms with Crippen molar-refractivity contribution in [3.05, 3.63) is 38.2 Å². The number of nitrogens with one attached hydrogen (secondary N) is 1. The molecule has 1 fully saturated rings. The first kappa shape index (κ1) is 14.6. The van der Waals surface area contributed by atoms with Gasteiger partial charge in [-0.1, -0.05) is 0 Å². The number of carbonyl (C=O) groups excluding carboxylic acids is 2. The van der Waals surface area contributed by atoms with Crippen molar-refractivity contribution in [1.82, 2.24) is 10.3 Å². The highest BCUT2D eigenvalue weighted by molar-refractivity contribution is 9.10. The molecule has 0 radical (unpaired) electrons. The van der Waals surface area contributed by atoms with Crippen molar-refractivity contribution < 1.29 is 14.5 Å². The zero-order valence-electron chi connectivity index (χ0n) is 10.8. The highest BCUT2D eigenvalue weighted by Gasteiger charge is 2.30. The highest BCUT2D eigenvalue weighted by atomic mass is 79.9. The maximum absolute atomic E-state index is 11.6. The third-order valence-corrected chi connectivity index (χ3v) is 4.48. The number of nitrogens with zero attached hydrogens (tertiary/aromatic N) is 3. The van der Waals surface area contributed by atoms with Crippen molar-refractivity contribution in [2.45, 2.75) is 0 Å². The van der Waals surface area contributed by atoms with Crippen LogP contribution in [-0.4, -0.2) is 28.4 Å². The summed E-state index contributed by atoms with van der Waals surface area (Å²) in [5.74, 6) is -0.377. The molecule has 1 aliphatic heterocycles. The van der Waals surface area contributed by atoms with Crippen LogP contribution in [0.4, 0.5) is 15.6 Å². The zero-order chi connectivity index (χ0) is 15.9. The predicted molar refractivity (Wildman–Crippen MR) is 82.8 cm³/mol. The Labute approximate surface area is 136 Å². The molecule has 0 unspecified atom stereocenters. The Morgan fingerprint density at radius 1 is 1.41 bits per heavy atom. The summed E-state index contributed by atoms with van der Waals surface area (Å²) in [6.07, 6.45) is 0. The monoisotopic (exact) mass is 382 g/mol. The number of amides is 3. The largest absolute Gasteiger partial charge is 0.330 e. The average molecular weight is 383 g/mol. The standard InChI is InChI=1S/C12H7BrN4O4S/c13-8-3-6(17(20)21)1-2-7(8)9-5-22-12(14-9)16-4-10(18)15-11(16)19/h1-3,5H,4H2,(H,15,18,19). The van der Waals surface area contributed by atoms with Gasteiger partial charge in [-0.3, -0.25) is 25.1 Å². The first-order valence-electron chi connectivity index (χ1n) is 5.97. The van der Waals surface area contributed by atoms with E-state index in [4.69, 9.17) is 0 Å². The number of rotatable bonds is 3. The molecule has 3 amide bonds. The molecular formula is C12H7BrN4O4S. The molecule has 0 saturated carbocycles. The molecule has 0 spiro atoms. The molecule has 1 aromatic carbocycles. The second kappa shape index (κ2) is 5.46. The number of nitro groups is 1. The molecule has 0 bridgehead atoms. The molecule has 112 valence electrons. The first-order valence-corrected chi connectivity index (χ1v) is 7.64. The van der Waals surface area contributed by atoms with Crippen molar-refractivity contribution in [2.24, 2.45) is 0 Å². The van der Waals surface area contributed by atoms with Gasteiger partial charge in [0.05, 0.1) is 10.6 Å². The van der Waals surface area contributed by atoms with Crippen LogP contribution in [0.2, 0.25) is 0 Å². The number of hydrogen-bond acceptors (Lipinski definition) is 6. The third-order valence-electron chi connectivity index (χ3n) is 2.96. The van der Waals surface area contributed by atoms with Gasteiger partial charge in [-0.05, 0) is 22.0 Å². The second-order valence-electron chi connectivity index (χ2n) is 4.38. The van der Waals surface area contributed by atoms with Crippen LogP contribution >= 0.6 is 27.3 Å². The van der Waals surface area contributed by atoms with E-state index in [2.05, 4.69) is 26.2 Å². The molecular weight excluding hydrogens is 376 g/mol. The fraction of sp³-hybridized carbons (Fsp3) is 0.0833. The van der Waals surface area contributed by atoms with Crippen LogP contribution in [0.1, 0.15) is 0 Å². The number of carbonyl (C=O) groups is 2. The Bertz CT molecular complexity index is 806. The molecule has 8 nitrogen and oxygen atoms in total. The summed E-state index contributed by atoms with van der Waals surface area (Å²) in [5, 5.41) is 15.0. The Morgan fingerprint density at radius 3 is 2.77 bits per heavy atom. The summed E-state index contributed by atoms with van der Waals surface area (Å²) in [6, 6.07) is 3.84. The first-order chi connectivity index (χ1) is 10.5. The Hall–Kier alpha value is -2.33. The lowest BCUT2D eigenvalue weighted by atomic mass is 10.1. The Kier molecular flexibility index (Phi) is 3.62. The minimum absolute atomic E-state index is 0.0319. The van der Waals surface area contributed by atoms with Gasteiger partial charge in [-0.15, -0.1) is 11.3 Å². The van der Waals surface area contributed by atoms with E-state index in [0.717, 1.165) is 0 Å². The lowest BCUT2D eigenvalue weighted by molar-refractivity contribution is -0.384. The lowest BCUT2D eigenvalue weighted by Crippen LogP contribution is -2.27. The van der Waals surface area contributed by atoms with E-state index in [9.17, 15) is 19.7 Å². The van der Waals surface area contributed by atoms with Crippen molar-refractivity contribution in [1.29, 1.82) is 0 Å². The van der Waals surface area contributed by atoms with Gasteiger partial charge in [0.1, 0.15) is 6.54 Å². The number of hydrogen-bond donors (Lipinski definition) is 1. The molecule has 22 heavy (non-hydrogen) atoms. The number of halogens is 1. The summed E-state index contributed by atoms with van der Waals surface area (Å²) in [4.78, 5) is 38.6. The molecule has 2 heterocycles. The number of non-ortho nitro benzene ring substituents is 1. The minimum Gasteiger partial charge on any atom is -0.276 e. The van der Waals surface area contributed by atoms with Crippen LogP contribution in [0, 0.1) is 10.1 Å². The molecule has 1 N–H and O–H groups in total. The van der Waals surface area contributed by atoms with E-state index < -0.39 is 11.0 Å². The summed E-state index contributed by atoms with van der Waals surface area (Å²) in [6.45, 7) is -0.0623. The van der Waals surface area contributed by atoms with E-state index >= 15 is 0 Å². The van der Waals surface area contributed by atoms with Crippen LogP contribution in [0.25, 0.3) is 11.3 Å². The Balaban J connectivity index is 1.93. The van der Waals surface area contributed by atoms with E-state index in [0.29, 0.717) is 20.9 Å². The van der Waals surface area contributed by atoms with Crippen LogP contribution < -0.4 is 10.2 Å². The molecule has 2 aromatic rings. The summed E-state index contributed by atoms with van der Waals surface area (Å²) >= 11 is 4.49. The maximum Gasteiger partial charge on any atom is 0.330 e. The van der Waals surface area contributed by atoms with E-state index in [-0.39, 0.29) is 18.1 Å². The summed E-state index contributed by atoms with van der Waals surface area (Å²) in [7, 11) is 0. The predicted octanol–water partition coefficient (Wildman–Crippen LogP) is 2.54. The fourth-order valence-electron chi connectivity index (χ4n) is 1.93. The van der Waals surface area contributed by atoms with Crippen molar-refractivity contribution >= 4 is 50.0 Å². The summed E-state index contributed by atoms with van der Waals surface area (Å²) < 4.78 is 0.528. The van der Waals surface area contributed by atoms with Crippen molar-refractivity contribution in [2.75, 3.05) is 11.4 Å². The van der Waals surface area contributed by atoms with Gasteiger partial charge in [0.2, 0.25) is 5.91 Å². The van der Waals surface area contributed by atoms with Crippen LogP contribution in [0.3, 0.4) is 0 Å². The number of nitro benzene ring substituents is 1. The van der Waals surface area contributed by atoms with Crippen molar-refractivity contribution in [3.8, 4) is 11.3 Å². The molecule has 0 atom stereocenters. The number of thiazole rings is 1. The van der Waals surface area contributed by atoms with Gasteiger partial charge in [0.25, 0.3) is 5.69 Å². The number of aromatic nitrogens is 1. The maximum atomic E-state index is 11.6. The van der Waals surface area contributed by atoms with Gasteiger partial charge in [-0.2, -0.15) is 0 Å². The topological polar surface area (TPSA) is 105 Å². The molecule has 10 heteroatoms. The molecule has 0 aliphatic carbocycles. The summed E-state index contributed by atoms with van der Waals surface area (Å²) in [5.41, 5.74) is 1.20. The average Bonchev–Trinajstić information content (AvgIpc) is 3.05. The van der Waals surface area contributed by atoms with E-state index in [1.807, 2.05) is 0 Å². The van der Waals surface area contributed by atoms with Gasteiger partial charge in [0, 0.05) is 27.5 Å². The van der Waals surface area contributed by atoms with Gasteiger partial charge < -0.3 is 0 Å². The van der Waals surface area contributed by atoms with Crippen LogP contribution in [0.5, 0.6) is 0 Å². The van der Waals surface area contributed by atoms with Crippen molar-refractivity contribution in [3.63, 3.8) is 0 Å². The lowest BCUT2D eigenvalue weighted by Gasteiger charge is -2.07. The van der Waals surface area contributed by atoms with Gasteiger partial charge >= 0.3 is 6.03 Å². The number of urea groups is 1. The van der Waals surface area contributed by atoms with Crippen LogP contribution in [0.15, 0.2) is 28.1 Å². The van der Waals surface area contributed by atoms with Gasteiger partial charge in [0.15, 0.2) is 5.13 Å². The number of imide groups is 1. The van der Waals surface area contributed by atoms with E-state index in [1.165, 1.54) is 28.4 Å². The quantitative estimate of drug-likeness (QED) is 0.498. The molecule has 1 aromatic heterocycles. The Morgan fingerprint density at radius 2 is 2.18 bits per heavy atom. The zero-order valence-corrected chi connectivity index (χ0v) is 13.2. The van der Waals surface area contributed by atoms with E-state index in [1.54, 1.807) is 11.4 Å².